The molecule has 1 aromatic carbocycles. The second-order valence-corrected chi connectivity index (χ2v) is 15.5. The maximum Gasteiger partial charge on any atom is 0.407 e. The van der Waals surface area contributed by atoms with Crippen molar-refractivity contribution in [3.63, 3.8) is 0 Å². The molecule has 0 aromatic heterocycles. The summed E-state index contributed by atoms with van der Waals surface area (Å²) in [5, 5.41) is 16.8. The smallest absolute Gasteiger partial charge is 0.407 e. The van der Waals surface area contributed by atoms with E-state index in [0.717, 1.165) is 31.4 Å². The molecule has 2 saturated heterocycles. The number of hydrogen-bond donors (Lipinski definition) is 3. The lowest BCUT2D eigenvalue weighted by Crippen LogP contribution is -2.60. The Bertz CT molecular complexity index is 1120. The molecule has 3 fully saturated rings. The predicted octanol–water partition coefficient (Wildman–Crippen LogP) is 3.06. The summed E-state index contributed by atoms with van der Waals surface area (Å²) in [6.45, 7) is 8.45. The Morgan fingerprint density at radius 3 is 2.40 bits per heavy atom. The number of nitrogens with one attached hydrogen (secondary N) is 2. The molecule has 0 bridgehead atoms. The first-order valence-corrected chi connectivity index (χ1v) is 16.5. The van der Waals surface area contributed by atoms with E-state index in [1.165, 1.54) is 12.8 Å². The maximum atomic E-state index is 13.4. The molecule has 2 aliphatic heterocycles. The number of ether oxygens (including phenoxy) is 1. The van der Waals surface area contributed by atoms with Gasteiger partial charge in [0.05, 0.1) is 29.2 Å². The molecule has 1 unspecified atom stereocenters. The van der Waals surface area contributed by atoms with Crippen LogP contribution in [0, 0.1) is 11.8 Å². The molecular formula is C30H47N3O6S. The van der Waals surface area contributed by atoms with Crippen molar-refractivity contribution >= 4 is 21.8 Å². The number of β-amino-alcohol motifs (C(OH)–C–C–N with tert-alkyl or cyclic N) is 1. The van der Waals surface area contributed by atoms with Crippen LogP contribution in [-0.2, 0) is 25.8 Å². The first-order chi connectivity index (χ1) is 18.8. The van der Waals surface area contributed by atoms with Crippen molar-refractivity contribution in [2.75, 3.05) is 18.8 Å². The standard InChI is InChI=1S/C30H47N3O6S/c1-20-27(14-15-40(20,37)38)39-29(36)31-24(16-21-10-6-5-7-11-21)26(34)19-33-18-23-13-9-8-12-22(23)17-25(33)28(35)32-30(2,3)4/h5-7,10-11,20,22-27,34H,8-9,12-19H2,1-4H3,(H,31,36)(H,32,35)/t20-,22-,23+,24-,25-,26+,27?/m0/s1. The Kier molecular flexibility index (Phi) is 9.83. The molecule has 2 amide bonds. The molecule has 7 atom stereocenters. The number of aliphatic hydroxyl groups is 1. The van der Waals surface area contributed by atoms with Crippen LogP contribution in [-0.4, -0.2) is 84.3 Å². The molecule has 3 aliphatic rings. The third-order valence-electron chi connectivity index (χ3n) is 8.83. The fourth-order valence-corrected chi connectivity index (χ4v) is 8.14. The molecular weight excluding hydrogens is 530 g/mol. The Hall–Kier alpha value is -2.17. The first kappa shape index (κ1) is 30.8. The van der Waals surface area contributed by atoms with Gasteiger partial charge in [-0.05, 0) is 70.8 Å². The molecule has 3 N–H and O–H groups in total. The van der Waals surface area contributed by atoms with Gasteiger partial charge < -0.3 is 20.5 Å². The number of carbonyl (C=O) groups excluding carboxylic acids is 2. The molecule has 0 spiro atoms. The van der Waals surface area contributed by atoms with Crippen LogP contribution >= 0.6 is 0 Å². The summed E-state index contributed by atoms with van der Waals surface area (Å²) in [7, 11) is -3.27. The average molecular weight is 578 g/mol. The minimum Gasteiger partial charge on any atom is -0.445 e. The molecule has 224 valence electrons. The second kappa shape index (κ2) is 12.8. The summed E-state index contributed by atoms with van der Waals surface area (Å²) < 4.78 is 29.8. The van der Waals surface area contributed by atoms with Gasteiger partial charge in [-0.25, -0.2) is 13.2 Å². The van der Waals surface area contributed by atoms with E-state index in [-0.39, 0.29) is 36.2 Å². The van der Waals surface area contributed by atoms with Gasteiger partial charge in [-0.3, -0.25) is 9.69 Å². The molecule has 40 heavy (non-hydrogen) atoms. The van der Waals surface area contributed by atoms with Crippen LogP contribution in [0.5, 0.6) is 0 Å². The van der Waals surface area contributed by atoms with Crippen molar-refractivity contribution in [3.05, 3.63) is 35.9 Å². The molecule has 0 radical (unpaired) electrons. The number of likely N-dealkylation sites (tertiary alicyclic amines) is 1. The lowest BCUT2D eigenvalue weighted by atomic mass is 9.72. The van der Waals surface area contributed by atoms with E-state index in [1.54, 1.807) is 6.92 Å². The maximum absolute atomic E-state index is 13.4. The van der Waals surface area contributed by atoms with Gasteiger partial charge in [-0.15, -0.1) is 0 Å². The van der Waals surface area contributed by atoms with E-state index in [0.29, 0.717) is 18.3 Å². The third kappa shape index (κ3) is 7.97. The number of fused-ring (bicyclic) bond motifs is 1. The van der Waals surface area contributed by atoms with Crippen molar-refractivity contribution < 1.29 is 27.9 Å². The number of aliphatic hydroxyl groups excluding tert-OH is 1. The number of alkyl carbamates (subject to hydrolysis) is 1. The minimum absolute atomic E-state index is 0.00266. The van der Waals surface area contributed by atoms with Gasteiger partial charge in [0.2, 0.25) is 5.91 Å². The van der Waals surface area contributed by atoms with Crippen LogP contribution < -0.4 is 10.6 Å². The van der Waals surface area contributed by atoms with E-state index in [2.05, 4.69) is 15.5 Å². The number of sulfone groups is 1. The summed E-state index contributed by atoms with van der Waals surface area (Å²) in [6.07, 6.45) is 3.65. The van der Waals surface area contributed by atoms with Crippen LogP contribution in [0.25, 0.3) is 0 Å². The third-order valence-corrected chi connectivity index (χ3v) is 11.1. The summed E-state index contributed by atoms with van der Waals surface area (Å²) in [6, 6.07) is 8.56. The van der Waals surface area contributed by atoms with Crippen LogP contribution in [0.1, 0.15) is 71.8 Å². The SMILES string of the molecule is C[C@H]1C(OC(=O)N[C@@H](Cc2ccccc2)[C@H](O)CN2C[C@H]3CCCC[C@H]3C[C@H]2C(=O)NC(C)(C)C)CCS1(=O)=O. The second-order valence-electron chi connectivity index (χ2n) is 13.1. The number of amides is 2. The fourth-order valence-electron chi connectivity index (χ4n) is 6.56. The van der Waals surface area contributed by atoms with Crippen molar-refractivity contribution in [2.24, 2.45) is 11.8 Å². The first-order valence-electron chi connectivity index (χ1n) is 14.8. The number of rotatable bonds is 8. The summed E-state index contributed by atoms with van der Waals surface area (Å²) in [4.78, 5) is 28.5. The van der Waals surface area contributed by atoms with E-state index < -0.39 is 39.4 Å². The van der Waals surface area contributed by atoms with Gasteiger partial charge >= 0.3 is 6.09 Å². The molecule has 1 saturated carbocycles. The fraction of sp³-hybridized carbons (Fsp3) is 0.733. The van der Waals surface area contributed by atoms with Crippen LogP contribution in [0.4, 0.5) is 4.79 Å². The van der Waals surface area contributed by atoms with E-state index >= 15 is 0 Å². The highest BCUT2D eigenvalue weighted by molar-refractivity contribution is 7.92. The zero-order valence-electron chi connectivity index (χ0n) is 24.3. The summed E-state index contributed by atoms with van der Waals surface area (Å²) in [5.41, 5.74) is 0.577. The minimum atomic E-state index is -3.27. The molecule has 4 rings (SSSR count). The molecule has 2 heterocycles. The average Bonchev–Trinajstić information content (AvgIpc) is 3.14. The molecule has 1 aromatic rings. The zero-order valence-corrected chi connectivity index (χ0v) is 25.2. The Morgan fingerprint density at radius 2 is 1.77 bits per heavy atom. The van der Waals surface area contributed by atoms with E-state index in [9.17, 15) is 23.1 Å². The normalized spacial score (nSPS) is 30.1. The molecule has 1 aliphatic carbocycles. The molecule has 9 nitrogen and oxygen atoms in total. The lowest BCUT2D eigenvalue weighted by Gasteiger charge is -2.47. The van der Waals surface area contributed by atoms with Crippen LogP contribution in [0.2, 0.25) is 0 Å². The van der Waals surface area contributed by atoms with Gasteiger partial charge in [0.15, 0.2) is 9.84 Å². The number of piperidine rings is 1. The highest BCUT2D eigenvalue weighted by Crippen LogP contribution is 2.39. The number of benzene rings is 1. The Morgan fingerprint density at radius 1 is 1.10 bits per heavy atom. The quantitative estimate of drug-likeness (QED) is 0.434. The Labute approximate surface area is 239 Å². The van der Waals surface area contributed by atoms with Gasteiger partial charge in [0, 0.05) is 18.6 Å². The highest BCUT2D eigenvalue weighted by Gasteiger charge is 2.42. The topological polar surface area (TPSA) is 125 Å². The summed E-state index contributed by atoms with van der Waals surface area (Å²) >= 11 is 0. The zero-order chi connectivity index (χ0) is 29.1. The van der Waals surface area contributed by atoms with Crippen molar-refractivity contribution in [2.45, 2.75) is 108 Å². The largest absolute Gasteiger partial charge is 0.445 e. The number of nitrogens with zero attached hydrogens (tertiary/aromatic N) is 1. The van der Waals surface area contributed by atoms with E-state index in [1.807, 2.05) is 51.1 Å². The van der Waals surface area contributed by atoms with E-state index in [4.69, 9.17) is 4.74 Å². The number of carbonyl (C=O) groups is 2. The van der Waals surface area contributed by atoms with Crippen LogP contribution in [0.3, 0.4) is 0 Å². The van der Waals surface area contributed by atoms with Crippen molar-refractivity contribution in [1.82, 2.24) is 15.5 Å². The van der Waals surface area contributed by atoms with Crippen LogP contribution in [0.15, 0.2) is 30.3 Å². The number of hydrogen-bond acceptors (Lipinski definition) is 7. The molecule has 10 heteroatoms. The Balaban J connectivity index is 1.49. The summed E-state index contributed by atoms with van der Waals surface area (Å²) in [5.74, 6) is 0.982. The van der Waals surface area contributed by atoms with Crippen molar-refractivity contribution in [1.29, 1.82) is 0 Å². The van der Waals surface area contributed by atoms with Crippen molar-refractivity contribution in [3.8, 4) is 0 Å². The van der Waals surface area contributed by atoms with Gasteiger partial charge in [0.1, 0.15) is 6.10 Å². The lowest BCUT2D eigenvalue weighted by molar-refractivity contribution is -0.132. The van der Waals surface area contributed by atoms with Gasteiger partial charge in [-0.2, -0.15) is 0 Å². The highest BCUT2D eigenvalue weighted by atomic mass is 32.2. The van der Waals surface area contributed by atoms with Gasteiger partial charge in [-0.1, -0.05) is 49.6 Å². The monoisotopic (exact) mass is 577 g/mol. The van der Waals surface area contributed by atoms with Gasteiger partial charge in [0.25, 0.3) is 0 Å². The predicted molar refractivity (Wildman–Crippen MR) is 155 cm³/mol.